The van der Waals surface area contributed by atoms with Gasteiger partial charge in [-0.1, -0.05) is 12.1 Å². The van der Waals surface area contributed by atoms with Crippen LogP contribution in [0.5, 0.6) is 5.75 Å². The van der Waals surface area contributed by atoms with Gasteiger partial charge in [0.05, 0.1) is 36.4 Å². The van der Waals surface area contributed by atoms with Crippen LogP contribution in [0.3, 0.4) is 0 Å². The van der Waals surface area contributed by atoms with Gasteiger partial charge in [0.25, 0.3) is 5.91 Å². The minimum Gasteiger partial charge on any atom is -0.494 e. The molecule has 0 spiro atoms. The van der Waals surface area contributed by atoms with Crippen molar-refractivity contribution >= 4 is 29.0 Å². The predicted octanol–water partition coefficient (Wildman–Crippen LogP) is 3.60. The van der Waals surface area contributed by atoms with Crippen LogP contribution >= 0.6 is 0 Å². The average Bonchev–Trinajstić information content (AvgIpc) is 3.38. The van der Waals surface area contributed by atoms with Crippen molar-refractivity contribution in [1.29, 1.82) is 0 Å². The Morgan fingerprint density at radius 2 is 1.92 bits per heavy atom. The molecule has 3 aromatic heterocycles. The monoisotopic (exact) mass is 499 g/mol. The number of benzene rings is 1. The van der Waals surface area contributed by atoms with Gasteiger partial charge in [0, 0.05) is 24.2 Å². The molecule has 1 fully saturated rings. The maximum absolute atomic E-state index is 12.1. The molecular weight excluding hydrogens is 470 g/mol. The Balaban J connectivity index is 1.41. The number of carbonyl (C=O) groups is 1. The number of hydrogen-bond donors (Lipinski definition) is 3. The molecule has 1 aliphatic rings. The molecule has 4 N–H and O–H groups in total. The van der Waals surface area contributed by atoms with Gasteiger partial charge in [-0.05, 0) is 57.2 Å². The second kappa shape index (κ2) is 10.6. The smallest absolute Gasteiger partial charge is 0.254 e. The summed E-state index contributed by atoms with van der Waals surface area (Å²) in [7, 11) is 3.71. The van der Waals surface area contributed by atoms with E-state index < -0.39 is 5.91 Å². The number of primary amides is 1. The van der Waals surface area contributed by atoms with E-state index in [-0.39, 0.29) is 11.4 Å². The molecule has 11 heteroatoms. The lowest BCUT2D eigenvalue weighted by atomic mass is 10.1. The summed E-state index contributed by atoms with van der Waals surface area (Å²) < 4.78 is 7.69. The maximum Gasteiger partial charge on any atom is 0.254 e. The van der Waals surface area contributed by atoms with Crippen LogP contribution in [0.1, 0.15) is 29.2 Å². The second-order valence-corrected chi connectivity index (χ2v) is 8.91. The van der Waals surface area contributed by atoms with Crippen LogP contribution in [0.25, 0.3) is 11.3 Å². The third kappa shape index (κ3) is 5.36. The third-order valence-corrected chi connectivity index (χ3v) is 6.39. The van der Waals surface area contributed by atoms with Crippen molar-refractivity contribution in [3.63, 3.8) is 0 Å². The topological polar surface area (TPSA) is 136 Å². The van der Waals surface area contributed by atoms with E-state index in [0.29, 0.717) is 23.4 Å². The molecule has 0 bridgehead atoms. The second-order valence-electron chi connectivity index (χ2n) is 8.91. The number of piperidine rings is 1. The van der Waals surface area contributed by atoms with E-state index in [1.54, 1.807) is 19.5 Å². The number of pyridine rings is 1. The quantitative estimate of drug-likeness (QED) is 0.332. The van der Waals surface area contributed by atoms with Crippen LogP contribution in [-0.4, -0.2) is 62.8 Å². The number of nitrogens with two attached hydrogens (primary N) is 1. The third-order valence-electron chi connectivity index (χ3n) is 6.39. The lowest BCUT2D eigenvalue weighted by molar-refractivity contribution is 0.100. The molecule has 5 rings (SSSR count). The van der Waals surface area contributed by atoms with Gasteiger partial charge in [0.15, 0.2) is 5.75 Å². The maximum atomic E-state index is 12.1. The summed E-state index contributed by atoms with van der Waals surface area (Å²) >= 11 is 0. The molecule has 37 heavy (non-hydrogen) atoms. The Bertz CT molecular complexity index is 1380. The molecule has 1 aromatic carbocycles. The molecule has 0 unspecified atom stereocenters. The molecule has 190 valence electrons. The van der Waals surface area contributed by atoms with Crippen LogP contribution in [-0.2, 0) is 0 Å². The first-order valence-corrected chi connectivity index (χ1v) is 12.0. The number of methoxy groups -OCH3 is 1. The van der Waals surface area contributed by atoms with E-state index in [9.17, 15) is 4.79 Å². The largest absolute Gasteiger partial charge is 0.494 e. The normalized spacial score (nSPS) is 14.3. The van der Waals surface area contributed by atoms with Crippen molar-refractivity contribution in [2.45, 2.75) is 18.9 Å². The Morgan fingerprint density at radius 1 is 1.08 bits per heavy atom. The number of anilines is 4. The van der Waals surface area contributed by atoms with E-state index in [1.807, 2.05) is 47.3 Å². The minimum atomic E-state index is -0.649. The lowest BCUT2D eigenvalue weighted by Gasteiger charge is -2.28. The molecule has 4 aromatic rings. The van der Waals surface area contributed by atoms with E-state index >= 15 is 0 Å². The van der Waals surface area contributed by atoms with Crippen molar-refractivity contribution < 1.29 is 9.53 Å². The fraction of sp³-hybridized carbons (Fsp3) is 0.269. The van der Waals surface area contributed by atoms with Crippen LogP contribution < -0.4 is 21.1 Å². The Hall–Kier alpha value is -4.51. The molecule has 0 radical (unpaired) electrons. The molecule has 0 saturated carbocycles. The van der Waals surface area contributed by atoms with Gasteiger partial charge < -0.3 is 26.0 Å². The van der Waals surface area contributed by atoms with Crippen molar-refractivity contribution in [2.75, 3.05) is 37.9 Å². The van der Waals surface area contributed by atoms with Crippen molar-refractivity contribution in [1.82, 2.24) is 29.6 Å². The summed E-state index contributed by atoms with van der Waals surface area (Å²) in [5.41, 5.74) is 8.68. The first-order chi connectivity index (χ1) is 18.0. The highest BCUT2D eigenvalue weighted by atomic mass is 16.5. The van der Waals surface area contributed by atoms with Gasteiger partial charge in [-0.3, -0.25) is 14.5 Å². The van der Waals surface area contributed by atoms with Crippen LogP contribution in [0, 0.1) is 0 Å². The van der Waals surface area contributed by atoms with Crippen molar-refractivity contribution in [2.24, 2.45) is 5.73 Å². The molecular formula is C26H29N9O2. The SMILES string of the molecule is COc1c(Nc2nc(Nc3cnn(C4CCN(C)CC4)c3)ncc2C(N)=O)cccc1-c1ccccn1. The molecule has 4 heterocycles. The molecule has 0 atom stereocenters. The highest BCUT2D eigenvalue weighted by molar-refractivity contribution is 5.98. The number of ether oxygens (including phenoxy) is 1. The summed E-state index contributed by atoms with van der Waals surface area (Å²) in [6, 6.07) is 11.6. The predicted molar refractivity (Wildman–Crippen MR) is 141 cm³/mol. The zero-order valence-corrected chi connectivity index (χ0v) is 20.8. The number of para-hydroxylation sites is 1. The van der Waals surface area contributed by atoms with Gasteiger partial charge in [-0.15, -0.1) is 0 Å². The van der Waals surface area contributed by atoms with E-state index in [0.717, 1.165) is 42.9 Å². The molecule has 0 aliphatic carbocycles. The Kier molecular flexibility index (Phi) is 6.95. The van der Waals surface area contributed by atoms with E-state index in [2.05, 4.69) is 42.6 Å². The molecule has 1 amide bonds. The van der Waals surface area contributed by atoms with Crippen molar-refractivity contribution in [3.05, 3.63) is 66.7 Å². The van der Waals surface area contributed by atoms with Gasteiger partial charge in [-0.2, -0.15) is 10.1 Å². The number of likely N-dealkylation sites (tertiary alicyclic amines) is 1. The highest BCUT2D eigenvalue weighted by Gasteiger charge is 2.20. The first kappa shape index (κ1) is 24.2. The number of rotatable bonds is 8. The fourth-order valence-electron chi connectivity index (χ4n) is 4.42. The number of aromatic nitrogens is 5. The Morgan fingerprint density at radius 3 is 2.65 bits per heavy atom. The molecule has 1 saturated heterocycles. The lowest BCUT2D eigenvalue weighted by Crippen LogP contribution is -2.31. The fourth-order valence-corrected chi connectivity index (χ4v) is 4.42. The first-order valence-electron chi connectivity index (χ1n) is 12.0. The summed E-state index contributed by atoms with van der Waals surface area (Å²) in [5.74, 6) is 0.465. The number of amides is 1. The summed E-state index contributed by atoms with van der Waals surface area (Å²) in [4.78, 5) is 27.7. The van der Waals surface area contributed by atoms with Gasteiger partial charge in [0.1, 0.15) is 11.4 Å². The van der Waals surface area contributed by atoms with Gasteiger partial charge in [-0.25, -0.2) is 4.98 Å². The number of hydrogen-bond acceptors (Lipinski definition) is 9. The standard InChI is InChI=1S/C26H29N9O2/c1-34-12-9-18(10-13-34)35-16-17(14-30-35)31-26-29-15-20(24(27)36)25(33-26)32-22-8-5-6-19(23(22)37-2)21-7-3-4-11-28-21/h3-8,11,14-16,18H,9-10,12-13H2,1-2H3,(H2,27,36)(H2,29,31,32,33). The zero-order chi connectivity index (χ0) is 25.8. The van der Waals surface area contributed by atoms with E-state index in [1.165, 1.54) is 6.20 Å². The summed E-state index contributed by atoms with van der Waals surface area (Å²) in [6.45, 7) is 2.09. The average molecular weight is 500 g/mol. The zero-order valence-electron chi connectivity index (χ0n) is 20.8. The highest BCUT2D eigenvalue weighted by Crippen LogP contribution is 2.37. The number of nitrogens with one attached hydrogen (secondary N) is 2. The van der Waals surface area contributed by atoms with Gasteiger partial charge in [0.2, 0.25) is 5.95 Å². The van der Waals surface area contributed by atoms with Crippen LogP contribution in [0.15, 0.2) is 61.2 Å². The molecule has 1 aliphatic heterocycles. The van der Waals surface area contributed by atoms with Crippen LogP contribution in [0.4, 0.5) is 23.1 Å². The Labute approximate surface area is 214 Å². The molecule has 11 nitrogen and oxygen atoms in total. The number of carbonyl (C=O) groups excluding carboxylic acids is 1. The van der Waals surface area contributed by atoms with Gasteiger partial charge >= 0.3 is 0 Å². The van der Waals surface area contributed by atoms with E-state index in [4.69, 9.17) is 10.5 Å². The number of nitrogens with zero attached hydrogens (tertiary/aromatic N) is 6. The summed E-state index contributed by atoms with van der Waals surface area (Å²) in [6.07, 6.45) is 8.92. The van der Waals surface area contributed by atoms with Crippen LogP contribution in [0.2, 0.25) is 0 Å². The summed E-state index contributed by atoms with van der Waals surface area (Å²) in [5, 5.41) is 10.9. The van der Waals surface area contributed by atoms with Crippen molar-refractivity contribution in [3.8, 4) is 17.0 Å². The minimum absolute atomic E-state index is 0.151.